The van der Waals surface area contributed by atoms with E-state index >= 15 is 0 Å². The van der Waals surface area contributed by atoms with Gasteiger partial charge in [-0.25, -0.2) is 0 Å². The molecule has 0 amide bonds. The van der Waals surface area contributed by atoms with Gasteiger partial charge in [0.1, 0.15) is 12.4 Å². The van der Waals surface area contributed by atoms with Crippen LogP contribution in [0.1, 0.15) is 39.7 Å². The highest BCUT2D eigenvalue weighted by molar-refractivity contribution is 5.34. The normalized spacial score (nSPS) is 13.5. The van der Waals surface area contributed by atoms with E-state index in [4.69, 9.17) is 4.74 Å². The number of aliphatic hydroxyl groups excluding tert-OH is 1. The molecule has 0 saturated heterocycles. The fourth-order valence-corrected chi connectivity index (χ4v) is 1.67. The van der Waals surface area contributed by atoms with Crippen molar-refractivity contribution >= 4 is 0 Å². The highest BCUT2D eigenvalue weighted by Gasteiger charge is 2.14. The standard InChI is InChI=1S/C15H24O2/c1-5-13(16)11-17-14-9-7-6-8-12(14)10-15(2,3)4/h6-9,13,16H,5,10-11H2,1-4H3. The second-order valence-corrected chi connectivity index (χ2v) is 5.72. The molecule has 1 aromatic rings. The molecule has 0 aromatic heterocycles. The number of hydrogen-bond donors (Lipinski definition) is 1. The summed E-state index contributed by atoms with van der Waals surface area (Å²) in [7, 11) is 0. The summed E-state index contributed by atoms with van der Waals surface area (Å²) >= 11 is 0. The Morgan fingerprint density at radius 3 is 2.47 bits per heavy atom. The fraction of sp³-hybridized carbons (Fsp3) is 0.600. The predicted octanol–water partition coefficient (Wildman–Crippen LogP) is 3.42. The van der Waals surface area contributed by atoms with Crippen molar-refractivity contribution in [2.75, 3.05) is 6.61 Å². The second kappa shape index (κ2) is 6.06. The van der Waals surface area contributed by atoms with E-state index in [1.807, 2.05) is 25.1 Å². The average molecular weight is 236 g/mol. The SMILES string of the molecule is CCC(O)COc1ccccc1CC(C)(C)C. The van der Waals surface area contributed by atoms with Crippen LogP contribution in [0.4, 0.5) is 0 Å². The van der Waals surface area contributed by atoms with Gasteiger partial charge in [-0.05, 0) is 29.9 Å². The smallest absolute Gasteiger partial charge is 0.122 e. The Balaban J connectivity index is 2.71. The molecule has 0 spiro atoms. The van der Waals surface area contributed by atoms with E-state index in [-0.39, 0.29) is 11.5 Å². The molecular weight excluding hydrogens is 212 g/mol. The molecule has 0 fully saturated rings. The van der Waals surface area contributed by atoms with Crippen molar-refractivity contribution in [3.63, 3.8) is 0 Å². The Bertz CT molecular complexity index is 339. The van der Waals surface area contributed by atoms with Crippen molar-refractivity contribution in [1.82, 2.24) is 0 Å². The van der Waals surface area contributed by atoms with Crippen molar-refractivity contribution in [2.45, 2.75) is 46.6 Å². The summed E-state index contributed by atoms with van der Waals surface area (Å²) in [5.74, 6) is 0.898. The maximum atomic E-state index is 9.52. The first-order valence-corrected chi connectivity index (χ1v) is 6.31. The molecule has 1 N–H and O–H groups in total. The lowest BCUT2D eigenvalue weighted by Crippen LogP contribution is -2.17. The molecule has 0 heterocycles. The summed E-state index contributed by atoms with van der Waals surface area (Å²) in [4.78, 5) is 0. The molecule has 0 aliphatic carbocycles. The predicted molar refractivity (Wildman–Crippen MR) is 71.4 cm³/mol. The molecule has 1 atom stereocenters. The molecule has 0 radical (unpaired) electrons. The van der Waals surface area contributed by atoms with Gasteiger partial charge in [-0.3, -0.25) is 0 Å². The van der Waals surface area contributed by atoms with E-state index in [1.54, 1.807) is 0 Å². The molecule has 2 heteroatoms. The Morgan fingerprint density at radius 1 is 1.24 bits per heavy atom. The summed E-state index contributed by atoms with van der Waals surface area (Å²) in [5.41, 5.74) is 1.45. The van der Waals surface area contributed by atoms with Crippen LogP contribution in [0, 0.1) is 5.41 Å². The van der Waals surface area contributed by atoms with Gasteiger partial charge in [-0.15, -0.1) is 0 Å². The Labute approximate surface area is 105 Å². The minimum atomic E-state index is -0.377. The maximum Gasteiger partial charge on any atom is 0.122 e. The van der Waals surface area contributed by atoms with E-state index in [0.29, 0.717) is 6.61 Å². The van der Waals surface area contributed by atoms with E-state index < -0.39 is 0 Å². The van der Waals surface area contributed by atoms with Gasteiger partial charge in [0.2, 0.25) is 0 Å². The average Bonchev–Trinajstić information content (AvgIpc) is 2.25. The molecule has 1 rings (SSSR count). The first kappa shape index (κ1) is 14.0. The molecule has 1 unspecified atom stereocenters. The zero-order valence-corrected chi connectivity index (χ0v) is 11.4. The number of rotatable bonds is 5. The van der Waals surface area contributed by atoms with Gasteiger partial charge in [-0.1, -0.05) is 45.9 Å². The Kier molecular flexibility index (Phi) is 5.01. The number of ether oxygens (including phenoxy) is 1. The third kappa shape index (κ3) is 5.22. The summed E-state index contributed by atoms with van der Waals surface area (Å²) in [5, 5.41) is 9.52. The van der Waals surface area contributed by atoms with Crippen molar-refractivity contribution in [1.29, 1.82) is 0 Å². The third-order valence-corrected chi connectivity index (χ3v) is 2.60. The van der Waals surface area contributed by atoms with Crippen molar-refractivity contribution < 1.29 is 9.84 Å². The van der Waals surface area contributed by atoms with E-state index in [2.05, 4.69) is 26.8 Å². The van der Waals surface area contributed by atoms with Crippen LogP contribution in [0.2, 0.25) is 0 Å². The minimum Gasteiger partial charge on any atom is -0.491 e. The van der Waals surface area contributed by atoms with Gasteiger partial charge in [0.25, 0.3) is 0 Å². The Hall–Kier alpha value is -1.02. The first-order valence-electron chi connectivity index (χ1n) is 6.31. The van der Waals surface area contributed by atoms with Crippen LogP contribution >= 0.6 is 0 Å². The number of hydrogen-bond acceptors (Lipinski definition) is 2. The van der Waals surface area contributed by atoms with Crippen LogP contribution in [-0.4, -0.2) is 17.8 Å². The molecule has 1 aromatic carbocycles. The zero-order valence-electron chi connectivity index (χ0n) is 11.4. The van der Waals surface area contributed by atoms with Gasteiger partial charge in [-0.2, -0.15) is 0 Å². The quantitative estimate of drug-likeness (QED) is 0.848. The van der Waals surface area contributed by atoms with Crippen LogP contribution in [0.15, 0.2) is 24.3 Å². The van der Waals surface area contributed by atoms with Gasteiger partial charge < -0.3 is 9.84 Å². The summed E-state index contributed by atoms with van der Waals surface area (Å²) < 4.78 is 5.69. The van der Waals surface area contributed by atoms with Crippen molar-refractivity contribution in [3.8, 4) is 5.75 Å². The molecule has 17 heavy (non-hydrogen) atoms. The summed E-state index contributed by atoms with van der Waals surface area (Å²) in [6, 6.07) is 8.08. The Morgan fingerprint density at radius 2 is 1.88 bits per heavy atom. The molecule has 0 aliphatic rings. The van der Waals surface area contributed by atoms with Crippen LogP contribution < -0.4 is 4.74 Å². The maximum absolute atomic E-state index is 9.52. The summed E-state index contributed by atoms with van der Waals surface area (Å²) in [6.07, 6.45) is 1.32. The zero-order chi connectivity index (χ0) is 12.9. The molecule has 0 bridgehead atoms. The largest absolute Gasteiger partial charge is 0.491 e. The number of para-hydroxylation sites is 1. The highest BCUT2D eigenvalue weighted by Crippen LogP contribution is 2.27. The van der Waals surface area contributed by atoms with E-state index in [9.17, 15) is 5.11 Å². The molecule has 2 nitrogen and oxygen atoms in total. The van der Waals surface area contributed by atoms with Gasteiger partial charge in [0, 0.05) is 0 Å². The molecule has 0 aliphatic heterocycles. The molecule has 96 valence electrons. The van der Waals surface area contributed by atoms with Gasteiger partial charge in [0.15, 0.2) is 0 Å². The lowest BCUT2D eigenvalue weighted by atomic mass is 9.88. The topological polar surface area (TPSA) is 29.5 Å². The van der Waals surface area contributed by atoms with Gasteiger partial charge >= 0.3 is 0 Å². The van der Waals surface area contributed by atoms with Crippen molar-refractivity contribution in [2.24, 2.45) is 5.41 Å². The minimum absolute atomic E-state index is 0.239. The number of aliphatic hydroxyl groups is 1. The lowest BCUT2D eigenvalue weighted by Gasteiger charge is -2.21. The van der Waals surface area contributed by atoms with Gasteiger partial charge in [0.05, 0.1) is 6.10 Å². The highest BCUT2D eigenvalue weighted by atomic mass is 16.5. The fourth-order valence-electron chi connectivity index (χ4n) is 1.67. The number of benzene rings is 1. The van der Waals surface area contributed by atoms with Crippen molar-refractivity contribution in [3.05, 3.63) is 29.8 Å². The monoisotopic (exact) mass is 236 g/mol. The second-order valence-electron chi connectivity index (χ2n) is 5.72. The third-order valence-electron chi connectivity index (χ3n) is 2.60. The van der Waals surface area contributed by atoms with Crippen LogP contribution in [0.25, 0.3) is 0 Å². The van der Waals surface area contributed by atoms with Crippen LogP contribution in [-0.2, 0) is 6.42 Å². The van der Waals surface area contributed by atoms with E-state index in [1.165, 1.54) is 5.56 Å². The lowest BCUT2D eigenvalue weighted by molar-refractivity contribution is 0.103. The summed E-state index contributed by atoms with van der Waals surface area (Å²) in [6.45, 7) is 8.97. The molecule has 0 saturated carbocycles. The van der Waals surface area contributed by atoms with Crippen LogP contribution in [0.5, 0.6) is 5.75 Å². The van der Waals surface area contributed by atoms with Crippen LogP contribution in [0.3, 0.4) is 0 Å². The van der Waals surface area contributed by atoms with E-state index in [0.717, 1.165) is 18.6 Å². The molecular formula is C15H24O2. The first-order chi connectivity index (χ1) is 7.92.